The third kappa shape index (κ3) is 2.89. The summed E-state index contributed by atoms with van der Waals surface area (Å²) in [5, 5.41) is 7.96. The Morgan fingerprint density at radius 2 is 2.29 bits per heavy atom. The largest absolute Gasteiger partial charge is 0.319 e. The first kappa shape index (κ1) is 12.6. The van der Waals surface area contributed by atoms with Crippen LogP contribution in [0, 0.1) is 11.3 Å². The van der Waals surface area contributed by atoms with Crippen molar-refractivity contribution in [3.8, 4) is 0 Å². The van der Waals surface area contributed by atoms with E-state index in [9.17, 15) is 0 Å². The van der Waals surface area contributed by atoms with Gasteiger partial charge in [0.25, 0.3) is 0 Å². The van der Waals surface area contributed by atoms with Crippen molar-refractivity contribution >= 4 is 0 Å². The van der Waals surface area contributed by atoms with Crippen LogP contribution in [0.15, 0.2) is 12.3 Å². The topological polar surface area (TPSA) is 29.9 Å². The third-order valence-electron chi connectivity index (χ3n) is 4.11. The molecule has 2 rings (SSSR count). The summed E-state index contributed by atoms with van der Waals surface area (Å²) in [5.74, 6) is 1.36. The monoisotopic (exact) mass is 235 g/mol. The van der Waals surface area contributed by atoms with Crippen LogP contribution in [0.3, 0.4) is 0 Å². The second kappa shape index (κ2) is 4.81. The smallest absolute Gasteiger partial charge is 0.0658 e. The van der Waals surface area contributed by atoms with E-state index in [4.69, 9.17) is 0 Å². The molecule has 2 atom stereocenters. The van der Waals surface area contributed by atoms with E-state index in [0.29, 0.717) is 11.3 Å². The van der Waals surface area contributed by atoms with Crippen molar-refractivity contribution in [2.45, 2.75) is 39.0 Å². The van der Waals surface area contributed by atoms with E-state index in [1.165, 1.54) is 25.0 Å². The van der Waals surface area contributed by atoms with Crippen molar-refractivity contribution in [3.05, 3.63) is 18.0 Å². The van der Waals surface area contributed by atoms with Gasteiger partial charge in [-0.05, 0) is 50.3 Å². The average Bonchev–Trinajstić information content (AvgIpc) is 2.67. The van der Waals surface area contributed by atoms with Gasteiger partial charge in [0.1, 0.15) is 0 Å². The minimum atomic E-state index is 0.465. The molecule has 3 nitrogen and oxygen atoms in total. The van der Waals surface area contributed by atoms with Crippen molar-refractivity contribution in [2.24, 2.45) is 18.4 Å². The van der Waals surface area contributed by atoms with Crippen LogP contribution >= 0.6 is 0 Å². The van der Waals surface area contributed by atoms with E-state index in [1.807, 2.05) is 11.7 Å². The molecular formula is C14H25N3. The van der Waals surface area contributed by atoms with Crippen molar-refractivity contribution in [3.63, 3.8) is 0 Å². The molecule has 1 aromatic rings. The number of aryl methyl sites for hydroxylation is 1. The van der Waals surface area contributed by atoms with Gasteiger partial charge in [-0.25, -0.2) is 0 Å². The Kier molecular flexibility index (Phi) is 3.57. The van der Waals surface area contributed by atoms with Crippen LogP contribution in [-0.4, -0.2) is 23.4 Å². The van der Waals surface area contributed by atoms with Gasteiger partial charge in [0.05, 0.1) is 5.69 Å². The lowest BCUT2D eigenvalue weighted by molar-refractivity contribution is 0.158. The molecule has 17 heavy (non-hydrogen) atoms. The fourth-order valence-corrected chi connectivity index (χ4v) is 3.12. The molecule has 0 radical (unpaired) electrons. The first-order chi connectivity index (χ1) is 8.02. The summed E-state index contributed by atoms with van der Waals surface area (Å²) in [4.78, 5) is 0. The summed E-state index contributed by atoms with van der Waals surface area (Å²) >= 11 is 0. The molecule has 3 heteroatoms. The molecule has 2 unspecified atom stereocenters. The lowest BCUT2D eigenvalue weighted by Crippen LogP contribution is -2.34. The Morgan fingerprint density at radius 3 is 2.88 bits per heavy atom. The number of hydrogen-bond acceptors (Lipinski definition) is 2. The molecule has 0 aromatic carbocycles. The zero-order valence-corrected chi connectivity index (χ0v) is 11.5. The Morgan fingerprint density at radius 1 is 1.53 bits per heavy atom. The third-order valence-corrected chi connectivity index (χ3v) is 4.11. The Bertz CT molecular complexity index is 367. The maximum Gasteiger partial charge on any atom is 0.0658 e. The standard InChI is InChI=1S/C14H25N3/c1-14(2)7-5-11(10-15-3)12(9-14)13-6-8-17(4)16-13/h6,8,11-12,15H,5,7,9-10H2,1-4H3. The van der Waals surface area contributed by atoms with Crippen molar-refractivity contribution < 1.29 is 0 Å². The first-order valence-electron chi connectivity index (χ1n) is 6.66. The summed E-state index contributed by atoms with van der Waals surface area (Å²) in [6.45, 7) is 5.88. The zero-order valence-electron chi connectivity index (χ0n) is 11.5. The van der Waals surface area contributed by atoms with E-state index >= 15 is 0 Å². The number of aromatic nitrogens is 2. The van der Waals surface area contributed by atoms with Gasteiger partial charge >= 0.3 is 0 Å². The number of nitrogens with one attached hydrogen (secondary N) is 1. The molecule has 96 valence electrons. The molecule has 0 bridgehead atoms. The molecular weight excluding hydrogens is 210 g/mol. The van der Waals surface area contributed by atoms with Gasteiger partial charge in [-0.1, -0.05) is 13.8 Å². The van der Waals surface area contributed by atoms with Crippen LogP contribution in [0.4, 0.5) is 0 Å². The summed E-state index contributed by atoms with van der Waals surface area (Å²) in [7, 11) is 4.06. The molecule has 0 amide bonds. The van der Waals surface area contributed by atoms with E-state index in [-0.39, 0.29) is 0 Å². The average molecular weight is 235 g/mol. The normalized spacial score (nSPS) is 28.2. The molecule has 1 N–H and O–H groups in total. The predicted molar refractivity (Wildman–Crippen MR) is 71.0 cm³/mol. The molecule has 0 spiro atoms. The highest BCUT2D eigenvalue weighted by Gasteiger charge is 2.36. The van der Waals surface area contributed by atoms with Crippen LogP contribution in [0.2, 0.25) is 0 Å². The Balaban J connectivity index is 2.18. The Hall–Kier alpha value is -0.830. The molecule has 1 saturated carbocycles. The van der Waals surface area contributed by atoms with Gasteiger partial charge in [0.15, 0.2) is 0 Å². The number of nitrogens with zero attached hydrogens (tertiary/aromatic N) is 2. The summed E-state index contributed by atoms with van der Waals surface area (Å²) in [5.41, 5.74) is 1.74. The molecule has 1 fully saturated rings. The maximum absolute atomic E-state index is 4.62. The molecule has 1 aliphatic carbocycles. The van der Waals surface area contributed by atoms with Crippen molar-refractivity contribution in [1.82, 2.24) is 15.1 Å². The fraction of sp³-hybridized carbons (Fsp3) is 0.786. The first-order valence-corrected chi connectivity index (χ1v) is 6.66. The van der Waals surface area contributed by atoms with Crippen LogP contribution in [0.5, 0.6) is 0 Å². The minimum absolute atomic E-state index is 0.465. The molecule has 1 aliphatic rings. The maximum atomic E-state index is 4.62. The number of rotatable bonds is 3. The van der Waals surface area contributed by atoms with Crippen LogP contribution < -0.4 is 5.32 Å². The minimum Gasteiger partial charge on any atom is -0.319 e. The summed E-state index contributed by atoms with van der Waals surface area (Å²) in [6, 6.07) is 2.19. The van der Waals surface area contributed by atoms with Crippen molar-refractivity contribution in [1.29, 1.82) is 0 Å². The van der Waals surface area contributed by atoms with Gasteiger partial charge in [0.2, 0.25) is 0 Å². The molecule has 1 heterocycles. The van der Waals surface area contributed by atoms with Gasteiger partial charge in [0, 0.05) is 19.2 Å². The second-order valence-corrected chi connectivity index (χ2v) is 6.25. The van der Waals surface area contributed by atoms with Gasteiger partial charge in [-0.2, -0.15) is 5.10 Å². The fourth-order valence-electron chi connectivity index (χ4n) is 3.12. The molecule has 1 aromatic heterocycles. The van der Waals surface area contributed by atoms with Crippen LogP contribution in [0.1, 0.15) is 44.7 Å². The summed E-state index contributed by atoms with van der Waals surface area (Å²) < 4.78 is 1.92. The highest BCUT2D eigenvalue weighted by atomic mass is 15.2. The predicted octanol–water partition coefficient (Wildman–Crippen LogP) is 2.55. The van der Waals surface area contributed by atoms with E-state index < -0.39 is 0 Å². The molecule has 0 saturated heterocycles. The van der Waals surface area contributed by atoms with Crippen LogP contribution in [-0.2, 0) is 7.05 Å². The quantitative estimate of drug-likeness (QED) is 0.872. The van der Waals surface area contributed by atoms with Gasteiger partial charge in [-0.15, -0.1) is 0 Å². The molecule has 0 aliphatic heterocycles. The Labute approximate surface area is 105 Å². The van der Waals surface area contributed by atoms with E-state index in [1.54, 1.807) is 0 Å². The van der Waals surface area contributed by atoms with Crippen LogP contribution in [0.25, 0.3) is 0 Å². The SMILES string of the molecule is CNCC1CCC(C)(C)CC1c1ccn(C)n1. The van der Waals surface area contributed by atoms with Gasteiger partial charge in [-0.3, -0.25) is 4.68 Å². The lowest BCUT2D eigenvalue weighted by atomic mass is 9.66. The van der Waals surface area contributed by atoms with Gasteiger partial charge < -0.3 is 5.32 Å². The van der Waals surface area contributed by atoms with Crippen molar-refractivity contribution in [2.75, 3.05) is 13.6 Å². The lowest BCUT2D eigenvalue weighted by Gasteiger charge is -2.40. The second-order valence-electron chi connectivity index (χ2n) is 6.25. The zero-order chi connectivity index (χ0) is 12.5. The number of hydrogen-bond donors (Lipinski definition) is 1. The highest BCUT2D eigenvalue weighted by Crippen LogP contribution is 2.45. The summed E-state index contributed by atoms with van der Waals surface area (Å²) in [6.07, 6.45) is 5.97. The highest BCUT2D eigenvalue weighted by molar-refractivity contribution is 5.11. The van der Waals surface area contributed by atoms with E-state index in [2.05, 4.69) is 43.6 Å². The van der Waals surface area contributed by atoms with E-state index in [0.717, 1.165) is 12.5 Å².